The van der Waals surface area contributed by atoms with Crippen LogP contribution in [-0.2, 0) is 6.73 Å². The van der Waals surface area contributed by atoms with Crippen LogP contribution in [0.4, 0.5) is 0 Å². The second kappa shape index (κ2) is 2.43. The molecule has 0 fully saturated rings. The quantitative estimate of drug-likeness (QED) is 0.502. The molecule has 0 aliphatic rings. The minimum Gasteiger partial charge on any atom is -0.339 e. The summed E-state index contributed by atoms with van der Waals surface area (Å²) in [5, 5.41) is 8.50. The lowest BCUT2D eigenvalue weighted by atomic mass is 10.5. The zero-order chi connectivity index (χ0) is 5.82. The van der Waals surface area contributed by atoms with Gasteiger partial charge >= 0.3 is 0 Å². The highest BCUT2D eigenvalue weighted by Gasteiger charge is 1.87. The van der Waals surface area contributed by atoms with E-state index in [0.717, 1.165) is 0 Å². The Morgan fingerprint density at radius 3 is 2.12 bits per heavy atom. The minimum absolute atomic E-state index is 0.0564. The first-order valence-corrected chi connectivity index (χ1v) is 2.48. The van der Waals surface area contributed by atoms with E-state index in [2.05, 4.69) is 0 Å². The Balaban J connectivity index is 2.83. The molecule has 0 radical (unpaired) electrons. The van der Waals surface area contributed by atoms with E-state index < -0.39 is 0 Å². The van der Waals surface area contributed by atoms with Crippen molar-refractivity contribution >= 4 is 0 Å². The van der Waals surface area contributed by atoms with Gasteiger partial charge in [0.1, 0.15) is 0 Å². The normalized spacial score (nSPS) is 9.12. The standard InChI is InChI=1S/C6H8NO/c8-6-7-4-2-1-3-5-7/h1-5,8H,6H2/q+1. The molecule has 1 aromatic heterocycles. The summed E-state index contributed by atoms with van der Waals surface area (Å²) in [5.41, 5.74) is 0. The van der Waals surface area contributed by atoms with E-state index in [1.54, 1.807) is 17.0 Å². The maximum atomic E-state index is 8.50. The molecule has 2 nitrogen and oxygen atoms in total. The van der Waals surface area contributed by atoms with Crippen molar-refractivity contribution in [3.05, 3.63) is 30.6 Å². The third-order valence-electron chi connectivity index (χ3n) is 0.941. The molecule has 0 unspecified atom stereocenters. The molecule has 8 heavy (non-hydrogen) atoms. The molecule has 0 spiro atoms. The molecule has 0 amide bonds. The number of rotatable bonds is 1. The van der Waals surface area contributed by atoms with Gasteiger partial charge in [-0.2, -0.15) is 4.57 Å². The van der Waals surface area contributed by atoms with Gasteiger partial charge in [0.05, 0.1) is 0 Å². The molecule has 2 heteroatoms. The summed E-state index contributed by atoms with van der Waals surface area (Å²) in [5.74, 6) is 0. The summed E-state index contributed by atoms with van der Waals surface area (Å²) in [6, 6.07) is 5.65. The molecule has 1 heterocycles. The van der Waals surface area contributed by atoms with Crippen LogP contribution in [0.15, 0.2) is 30.6 Å². The third-order valence-corrected chi connectivity index (χ3v) is 0.941. The SMILES string of the molecule is OC[n+]1ccccc1. The van der Waals surface area contributed by atoms with Crippen molar-refractivity contribution in [2.24, 2.45) is 0 Å². The number of aliphatic hydroxyl groups excluding tert-OH is 1. The van der Waals surface area contributed by atoms with E-state index >= 15 is 0 Å². The van der Waals surface area contributed by atoms with Crippen molar-refractivity contribution in [1.82, 2.24) is 0 Å². The maximum absolute atomic E-state index is 8.50. The highest BCUT2D eigenvalue weighted by molar-refractivity contribution is 4.83. The van der Waals surface area contributed by atoms with E-state index in [-0.39, 0.29) is 6.73 Å². The van der Waals surface area contributed by atoms with Crippen LogP contribution in [0.5, 0.6) is 0 Å². The zero-order valence-corrected chi connectivity index (χ0v) is 4.49. The maximum Gasteiger partial charge on any atom is 0.250 e. The number of nitrogens with zero attached hydrogens (tertiary/aromatic N) is 1. The van der Waals surface area contributed by atoms with E-state index in [0.29, 0.717) is 0 Å². The fraction of sp³-hybridized carbons (Fsp3) is 0.167. The summed E-state index contributed by atoms with van der Waals surface area (Å²) < 4.78 is 1.68. The summed E-state index contributed by atoms with van der Waals surface area (Å²) >= 11 is 0. The molecule has 42 valence electrons. The number of hydrogen-bond donors (Lipinski definition) is 1. The molecular weight excluding hydrogens is 102 g/mol. The average Bonchev–Trinajstić information content (AvgIpc) is 1.90. The molecule has 0 bridgehead atoms. The second-order valence-corrected chi connectivity index (χ2v) is 1.53. The second-order valence-electron chi connectivity index (χ2n) is 1.53. The van der Waals surface area contributed by atoms with Crippen LogP contribution in [0.1, 0.15) is 0 Å². The van der Waals surface area contributed by atoms with Gasteiger partial charge in [-0.25, -0.2) is 0 Å². The topological polar surface area (TPSA) is 24.1 Å². The van der Waals surface area contributed by atoms with Gasteiger partial charge in [-0.05, 0) is 0 Å². The smallest absolute Gasteiger partial charge is 0.250 e. The highest BCUT2D eigenvalue weighted by atomic mass is 16.3. The van der Waals surface area contributed by atoms with Gasteiger partial charge in [-0.15, -0.1) is 0 Å². The fourth-order valence-corrected chi connectivity index (χ4v) is 0.529. The van der Waals surface area contributed by atoms with Crippen molar-refractivity contribution in [3.8, 4) is 0 Å². The molecule has 1 rings (SSSR count). The summed E-state index contributed by atoms with van der Waals surface area (Å²) in [6.07, 6.45) is 3.61. The van der Waals surface area contributed by atoms with E-state index in [9.17, 15) is 0 Å². The van der Waals surface area contributed by atoms with E-state index in [4.69, 9.17) is 5.11 Å². The van der Waals surface area contributed by atoms with Gasteiger partial charge in [-0.1, -0.05) is 6.07 Å². The van der Waals surface area contributed by atoms with Gasteiger partial charge in [0.15, 0.2) is 12.4 Å². The van der Waals surface area contributed by atoms with Crippen LogP contribution < -0.4 is 4.57 Å². The molecule has 0 saturated heterocycles. The minimum atomic E-state index is 0.0564. The number of hydrogen-bond acceptors (Lipinski definition) is 1. The Labute approximate surface area is 48.0 Å². The van der Waals surface area contributed by atoms with Gasteiger partial charge < -0.3 is 5.11 Å². The Bertz CT molecular complexity index is 150. The fourth-order valence-electron chi connectivity index (χ4n) is 0.529. The number of aliphatic hydroxyl groups is 1. The summed E-state index contributed by atoms with van der Waals surface area (Å²) in [6.45, 7) is 0.0564. The Hall–Kier alpha value is -0.890. The van der Waals surface area contributed by atoms with Crippen LogP contribution in [0, 0.1) is 0 Å². The average molecular weight is 110 g/mol. The van der Waals surface area contributed by atoms with Crippen molar-refractivity contribution in [3.63, 3.8) is 0 Å². The van der Waals surface area contributed by atoms with E-state index in [1.165, 1.54) is 0 Å². The highest BCUT2D eigenvalue weighted by Crippen LogP contribution is 1.73. The van der Waals surface area contributed by atoms with Crippen LogP contribution in [0.2, 0.25) is 0 Å². The number of aromatic nitrogens is 1. The molecule has 0 saturated carbocycles. The first kappa shape index (κ1) is 5.25. The lowest BCUT2D eigenvalue weighted by Crippen LogP contribution is -2.31. The molecule has 0 aromatic carbocycles. The molecule has 0 atom stereocenters. The third kappa shape index (κ3) is 1.04. The molecular formula is C6H8NO+. The molecule has 0 aliphatic heterocycles. The lowest BCUT2D eigenvalue weighted by Gasteiger charge is -1.84. The predicted octanol–water partition coefficient (Wildman–Crippen LogP) is -0.0761. The van der Waals surface area contributed by atoms with Crippen molar-refractivity contribution in [2.45, 2.75) is 6.73 Å². The first-order chi connectivity index (χ1) is 3.93. The van der Waals surface area contributed by atoms with Crippen molar-refractivity contribution < 1.29 is 9.67 Å². The largest absolute Gasteiger partial charge is 0.339 e. The monoisotopic (exact) mass is 110 g/mol. The van der Waals surface area contributed by atoms with Gasteiger partial charge in [0.25, 0.3) is 0 Å². The summed E-state index contributed by atoms with van der Waals surface area (Å²) in [7, 11) is 0. The van der Waals surface area contributed by atoms with Crippen LogP contribution >= 0.6 is 0 Å². The Kier molecular flexibility index (Phi) is 1.59. The van der Waals surface area contributed by atoms with Crippen molar-refractivity contribution in [1.29, 1.82) is 0 Å². The first-order valence-electron chi connectivity index (χ1n) is 2.48. The van der Waals surface area contributed by atoms with E-state index in [1.807, 2.05) is 18.2 Å². The Morgan fingerprint density at radius 2 is 1.75 bits per heavy atom. The van der Waals surface area contributed by atoms with Gasteiger partial charge in [0, 0.05) is 12.1 Å². The zero-order valence-electron chi connectivity index (χ0n) is 4.49. The molecule has 1 N–H and O–H groups in total. The molecule has 1 aromatic rings. The molecule has 0 aliphatic carbocycles. The van der Waals surface area contributed by atoms with Crippen molar-refractivity contribution in [2.75, 3.05) is 0 Å². The van der Waals surface area contributed by atoms with Crippen LogP contribution in [0.25, 0.3) is 0 Å². The van der Waals surface area contributed by atoms with Gasteiger partial charge in [-0.3, -0.25) is 0 Å². The van der Waals surface area contributed by atoms with Gasteiger partial charge in [0.2, 0.25) is 6.73 Å². The lowest BCUT2D eigenvalue weighted by molar-refractivity contribution is -0.729. The predicted molar refractivity (Wildman–Crippen MR) is 28.9 cm³/mol. The number of pyridine rings is 1. The van der Waals surface area contributed by atoms with Crippen LogP contribution in [0.3, 0.4) is 0 Å². The Morgan fingerprint density at radius 1 is 1.12 bits per heavy atom. The summed E-state index contributed by atoms with van der Waals surface area (Å²) in [4.78, 5) is 0. The van der Waals surface area contributed by atoms with Crippen LogP contribution in [-0.4, -0.2) is 5.11 Å².